The van der Waals surface area contributed by atoms with Crippen LogP contribution in [0.3, 0.4) is 0 Å². The summed E-state index contributed by atoms with van der Waals surface area (Å²) in [4.78, 5) is 23.7. The summed E-state index contributed by atoms with van der Waals surface area (Å²) in [5.41, 5.74) is 0.767. The predicted octanol–water partition coefficient (Wildman–Crippen LogP) is 3.28. The van der Waals surface area contributed by atoms with Gasteiger partial charge in [-0.3, -0.25) is 4.79 Å². The van der Waals surface area contributed by atoms with Gasteiger partial charge in [0.25, 0.3) is 0 Å². The maximum Gasteiger partial charge on any atom is 0.339 e. The normalized spacial score (nSPS) is 10.0. The number of ether oxygens (including phenoxy) is 3. The zero-order valence-corrected chi connectivity index (χ0v) is 14.3. The van der Waals surface area contributed by atoms with Gasteiger partial charge < -0.3 is 19.5 Å². The second-order valence-electron chi connectivity index (χ2n) is 5.21. The summed E-state index contributed by atoms with van der Waals surface area (Å²) in [5, 5.41) is 2.73. The Morgan fingerprint density at radius 1 is 0.960 bits per heavy atom. The number of methoxy groups -OCH3 is 2. The smallest absolute Gasteiger partial charge is 0.339 e. The van der Waals surface area contributed by atoms with Crippen LogP contribution in [0.2, 0.25) is 0 Å². The molecular weight excluding hydrogens is 322 g/mol. The highest BCUT2D eigenvalue weighted by molar-refractivity contribution is 6.01. The molecule has 6 nitrogen and oxygen atoms in total. The third kappa shape index (κ3) is 5.53. The van der Waals surface area contributed by atoms with Gasteiger partial charge in [0.1, 0.15) is 11.5 Å². The van der Waals surface area contributed by atoms with Gasteiger partial charge in [-0.05, 0) is 42.8 Å². The van der Waals surface area contributed by atoms with Crippen LogP contribution >= 0.6 is 0 Å². The number of para-hydroxylation sites is 1. The van der Waals surface area contributed by atoms with Gasteiger partial charge in [-0.2, -0.15) is 0 Å². The van der Waals surface area contributed by atoms with Crippen molar-refractivity contribution in [2.24, 2.45) is 0 Å². The molecule has 6 heteroatoms. The number of anilines is 1. The fourth-order valence-corrected chi connectivity index (χ4v) is 2.19. The fourth-order valence-electron chi connectivity index (χ4n) is 2.19. The summed E-state index contributed by atoms with van der Waals surface area (Å²) in [6.07, 6.45) is 0.837. The third-order valence-electron chi connectivity index (χ3n) is 3.48. The van der Waals surface area contributed by atoms with E-state index in [1.165, 1.54) is 7.11 Å². The zero-order chi connectivity index (χ0) is 18.1. The molecule has 0 spiro atoms. The lowest BCUT2D eigenvalue weighted by Crippen LogP contribution is -2.15. The van der Waals surface area contributed by atoms with Crippen molar-refractivity contribution in [1.29, 1.82) is 0 Å². The van der Waals surface area contributed by atoms with Crippen LogP contribution in [0.5, 0.6) is 11.5 Å². The van der Waals surface area contributed by atoms with Crippen LogP contribution in [0.4, 0.5) is 5.69 Å². The Morgan fingerprint density at radius 3 is 2.32 bits per heavy atom. The molecule has 0 atom stereocenters. The van der Waals surface area contributed by atoms with E-state index in [1.54, 1.807) is 31.4 Å². The molecule has 2 rings (SSSR count). The van der Waals surface area contributed by atoms with Crippen molar-refractivity contribution < 1.29 is 23.8 Å². The van der Waals surface area contributed by atoms with Gasteiger partial charge in [0.15, 0.2) is 0 Å². The van der Waals surface area contributed by atoms with Crippen LogP contribution in [-0.4, -0.2) is 32.7 Å². The highest BCUT2D eigenvalue weighted by Crippen LogP contribution is 2.18. The van der Waals surface area contributed by atoms with Gasteiger partial charge in [0.2, 0.25) is 5.91 Å². The van der Waals surface area contributed by atoms with Gasteiger partial charge in [-0.25, -0.2) is 4.79 Å². The Morgan fingerprint density at radius 2 is 1.64 bits per heavy atom. The summed E-state index contributed by atoms with van der Waals surface area (Å²) in [7, 11) is 2.91. The second-order valence-corrected chi connectivity index (χ2v) is 5.21. The largest absolute Gasteiger partial charge is 0.497 e. The Balaban J connectivity index is 1.78. The van der Waals surface area contributed by atoms with Crippen LogP contribution in [0, 0.1) is 0 Å². The molecule has 1 amide bonds. The number of nitrogens with one attached hydrogen (secondary N) is 1. The molecule has 0 aliphatic carbocycles. The number of rotatable bonds is 8. The van der Waals surface area contributed by atoms with Crippen molar-refractivity contribution in [2.75, 3.05) is 26.1 Å². The monoisotopic (exact) mass is 343 g/mol. The molecule has 0 aliphatic heterocycles. The quantitative estimate of drug-likeness (QED) is 0.588. The Kier molecular flexibility index (Phi) is 6.83. The van der Waals surface area contributed by atoms with Crippen LogP contribution in [0.1, 0.15) is 23.2 Å². The first kappa shape index (κ1) is 18.3. The molecule has 0 heterocycles. The van der Waals surface area contributed by atoms with E-state index in [4.69, 9.17) is 14.2 Å². The molecule has 2 aromatic carbocycles. The van der Waals surface area contributed by atoms with Crippen molar-refractivity contribution >= 4 is 17.6 Å². The SMILES string of the molecule is COC(=O)c1ccccc1NC(=O)CCCOc1ccc(OC)cc1. The molecule has 0 aliphatic rings. The number of hydrogen-bond donors (Lipinski definition) is 1. The van der Waals surface area contributed by atoms with E-state index < -0.39 is 5.97 Å². The first-order chi connectivity index (χ1) is 12.1. The molecule has 0 aromatic heterocycles. The minimum absolute atomic E-state index is 0.185. The summed E-state index contributed by atoms with van der Waals surface area (Å²) in [6, 6.07) is 14.0. The van der Waals surface area contributed by atoms with Crippen molar-refractivity contribution in [1.82, 2.24) is 0 Å². The molecule has 0 radical (unpaired) electrons. The second kappa shape index (κ2) is 9.32. The van der Waals surface area contributed by atoms with Crippen molar-refractivity contribution in [3.63, 3.8) is 0 Å². The zero-order valence-electron chi connectivity index (χ0n) is 14.3. The molecule has 1 N–H and O–H groups in total. The van der Waals surface area contributed by atoms with E-state index in [2.05, 4.69) is 5.32 Å². The van der Waals surface area contributed by atoms with Crippen molar-refractivity contribution in [3.8, 4) is 11.5 Å². The summed E-state index contributed by atoms with van der Waals surface area (Å²) in [6.45, 7) is 0.415. The molecule has 132 valence electrons. The topological polar surface area (TPSA) is 73.9 Å². The highest BCUT2D eigenvalue weighted by Gasteiger charge is 2.13. The van der Waals surface area contributed by atoms with E-state index in [-0.39, 0.29) is 12.3 Å². The van der Waals surface area contributed by atoms with Gasteiger partial charge >= 0.3 is 5.97 Å². The average Bonchev–Trinajstić information content (AvgIpc) is 2.65. The van der Waals surface area contributed by atoms with Crippen LogP contribution in [0.25, 0.3) is 0 Å². The number of benzene rings is 2. The third-order valence-corrected chi connectivity index (χ3v) is 3.48. The van der Waals surface area contributed by atoms with E-state index in [9.17, 15) is 9.59 Å². The predicted molar refractivity (Wildman–Crippen MR) is 94.1 cm³/mol. The summed E-state index contributed by atoms with van der Waals surface area (Å²) in [5.74, 6) is 0.807. The van der Waals surface area contributed by atoms with Crippen molar-refractivity contribution in [3.05, 3.63) is 54.1 Å². The summed E-state index contributed by atoms with van der Waals surface area (Å²) < 4.78 is 15.4. The lowest BCUT2D eigenvalue weighted by atomic mass is 10.1. The molecule has 0 unspecified atom stereocenters. The van der Waals surface area contributed by atoms with Gasteiger partial charge in [-0.1, -0.05) is 12.1 Å². The molecule has 0 saturated heterocycles. The van der Waals surface area contributed by atoms with E-state index in [0.717, 1.165) is 11.5 Å². The number of carbonyl (C=O) groups is 2. The lowest BCUT2D eigenvalue weighted by molar-refractivity contribution is -0.116. The Hall–Kier alpha value is -3.02. The standard InChI is InChI=1S/C19H21NO5/c1-23-14-9-11-15(12-10-14)25-13-5-8-18(21)20-17-7-4-3-6-16(17)19(22)24-2/h3-4,6-7,9-12H,5,8,13H2,1-2H3,(H,20,21). The fraction of sp³-hybridized carbons (Fsp3) is 0.263. The molecule has 0 fully saturated rings. The number of carbonyl (C=O) groups excluding carboxylic acids is 2. The van der Waals surface area contributed by atoms with Gasteiger partial charge in [0.05, 0.1) is 32.1 Å². The van der Waals surface area contributed by atoms with E-state index in [1.807, 2.05) is 24.3 Å². The molecule has 25 heavy (non-hydrogen) atoms. The highest BCUT2D eigenvalue weighted by atomic mass is 16.5. The Labute approximate surface area is 146 Å². The lowest BCUT2D eigenvalue weighted by Gasteiger charge is -2.10. The van der Waals surface area contributed by atoms with Crippen LogP contribution in [0.15, 0.2) is 48.5 Å². The van der Waals surface area contributed by atoms with Gasteiger partial charge in [0, 0.05) is 6.42 Å². The first-order valence-electron chi connectivity index (χ1n) is 7.88. The minimum atomic E-state index is -0.487. The average molecular weight is 343 g/mol. The first-order valence-corrected chi connectivity index (χ1v) is 7.88. The molecule has 2 aromatic rings. The van der Waals surface area contributed by atoms with E-state index in [0.29, 0.717) is 24.3 Å². The molecular formula is C19H21NO5. The number of esters is 1. The summed E-state index contributed by atoms with van der Waals surface area (Å²) >= 11 is 0. The van der Waals surface area contributed by atoms with Crippen molar-refractivity contribution in [2.45, 2.75) is 12.8 Å². The minimum Gasteiger partial charge on any atom is -0.497 e. The number of hydrogen-bond acceptors (Lipinski definition) is 5. The molecule has 0 saturated carbocycles. The number of amides is 1. The maximum atomic E-state index is 12.0. The van der Waals surface area contributed by atoms with E-state index >= 15 is 0 Å². The molecule has 0 bridgehead atoms. The maximum absolute atomic E-state index is 12.0. The van der Waals surface area contributed by atoms with Crippen LogP contribution in [-0.2, 0) is 9.53 Å². The van der Waals surface area contributed by atoms with Gasteiger partial charge in [-0.15, -0.1) is 0 Å². The van der Waals surface area contributed by atoms with Crippen LogP contribution < -0.4 is 14.8 Å². The Bertz CT molecular complexity index is 712.